The van der Waals surface area contributed by atoms with Gasteiger partial charge in [0, 0.05) is 38.5 Å². The lowest BCUT2D eigenvalue weighted by Crippen LogP contribution is -2.42. The molecule has 132 valence electrons. The predicted molar refractivity (Wildman–Crippen MR) is 93.4 cm³/mol. The van der Waals surface area contributed by atoms with E-state index in [0.29, 0.717) is 32.8 Å². The molecule has 24 heavy (non-hydrogen) atoms. The van der Waals surface area contributed by atoms with Gasteiger partial charge < -0.3 is 14.5 Å². The van der Waals surface area contributed by atoms with Gasteiger partial charge in [-0.25, -0.2) is 0 Å². The zero-order valence-electron chi connectivity index (χ0n) is 14.7. The van der Waals surface area contributed by atoms with Gasteiger partial charge in [-0.2, -0.15) is 0 Å². The van der Waals surface area contributed by atoms with Crippen molar-refractivity contribution < 1.29 is 14.3 Å². The molecule has 1 aromatic rings. The molecule has 5 heteroatoms. The highest BCUT2D eigenvalue weighted by atomic mass is 16.5. The molecule has 1 aliphatic rings. The van der Waals surface area contributed by atoms with Crippen molar-refractivity contribution in [2.45, 2.75) is 45.7 Å². The molecule has 1 saturated heterocycles. The van der Waals surface area contributed by atoms with Gasteiger partial charge in [0.1, 0.15) is 0 Å². The topological polar surface area (TPSA) is 49.9 Å². The summed E-state index contributed by atoms with van der Waals surface area (Å²) in [7, 11) is 0. The number of benzene rings is 1. The van der Waals surface area contributed by atoms with Gasteiger partial charge >= 0.3 is 0 Å². The number of carbonyl (C=O) groups excluding carboxylic acids is 2. The van der Waals surface area contributed by atoms with Crippen LogP contribution >= 0.6 is 0 Å². The lowest BCUT2D eigenvalue weighted by Gasteiger charge is -2.30. The number of nitrogens with zero attached hydrogens (tertiary/aromatic N) is 2. The summed E-state index contributed by atoms with van der Waals surface area (Å²) in [6.07, 6.45) is 1.45. The third kappa shape index (κ3) is 5.34. The maximum Gasteiger partial charge on any atom is 0.223 e. The SMILES string of the molecule is CC[C@H](C)N(Cc1ccccc1)C(=O)CCC(=O)N1CCOCC1. The molecule has 0 unspecified atom stereocenters. The van der Waals surface area contributed by atoms with Gasteiger partial charge in [-0.3, -0.25) is 9.59 Å². The first-order valence-electron chi connectivity index (χ1n) is 8.80. The van der Waals surface area contributed by atoms with Crippen LogP contribution in [0.1, 0.15) is 38.7 Å². The third-order valence-electron chi connectivity index (χ3n) is 4.56. The number of carbonyl (C=O) groups is 2. The first-order valence-corrected chi connectivity index (χ1v) is 8.80. The van der Waals surface area contributed by atoms with Crippen LogP contribution in [-0.4, -0.2) is 54.0 Å². The number of amides is 2. The Morgan fingerprint density at radius 3 is 2.46 bits per heavy atom. The molecule has 2 rings (SSSR count). The molecule has 0 aliphatic carbocycles. The Labute approximate surface area is 144 Å². The Bertz CT molecular complexity index is 527. The molecule has 0 aromatic heterocycles. The first-order chi connectivity index (χ1) is 11.6. The number of ether oxygens (including phenoxy) is 1. The van der Waals surface area contributed by atoms with E-state index in [0.717, 1.165) is 12.0 Å². The quantitative estimate of drug-likeness (QED) is 0.771. The van der Waals surface area contributed by atoms with E-state index >= 15 is 0 Å². The lowest BCUT2D eigenvalue weighted by atomic mass is 10.1. The van der Waals surface area contributed by atoms with Crippen molar-refractivity contribution in [1.82, 2.24) is 9.80 Å². The largest absolute Gasteiger partial charge is 0.378 e. The van der Waals surface area contributed by atoms with Crippen LogP contribution in [0.15, 0.2) is 30.3 Å². The molecule has 1 aromatic carbocycles. The second-order valence-electron chi connectivity index (χ2n) is 6.26. The normalized spacial score (nSPS) is 15.8. The number of morpholine rings is 1. The average molecular weight is 332 g/mol. The summed E-state index contributed by atoms with van der Waals surface area (Å²) in [6, 6.07) is 10.2. The highest BCUT2D eigenvalue weighted by Crippen LogP contribution is 2.14. The van der Waals surface area contributed by atoms with Crippen molar-refractivity contribution in [2.75, 3.05) is 26.3 Å². The van der Waals surface area contributed by atoms with Gasteiger partial charge in [-0.05, 0) is 18.9 Å². The average Bonchev–Trinajstić information content (AvgIpc) is 2.64. The summed E-state index contributed by atoms with van der Waals surface area (Å²) in [4.78, 5) is 28.6. The van der Waals surface area contributed by atoms with Crippen molar-refractivity contribution in [2.24, 2.45) is 0 Å². The monoisotopic (exact) mass is 332 g/mol. The fourth-order valence-electron chi connectivity index (χ4n) is 2.82. The molecule has 0 bridgehead atoms. The Morgan fingerprint density at radius 1 is 1.17 bits per heavy atom. The summed E-state index contributed by atoms with van der Waals surface area (Å²) >= 11 is 0. The Balaban J connectivity index is 1.91. The number of hydrogen-bond donors (Lipinski definition) is 0. The van der Waals surface area contributed by atoms with Crippen molar-refractivity contribution >= 4 is 11.8 Å². The van der Waals surface area contributed by atoms with E-state index in [1.54, 1.807) is 4.90 Å². The second kappa shape index (κ2) is 9.42. The molecule has 0 radical (unpaired) electrons. The standard InChI is InChI=1S/C19H28N2O3/c1-3-16(2)21(15-17-7-5-4-6-8-17)19(23)10-9-18(22)20-11-13-24-14-12-20/h4-8,16H,3,9-15H2,1-2H3/t16-/m0/s1. The smallest absolute Gasteiger partial charge is 0.223 e. The van der Waals surface area contributed by atoms with Gasteiger partial charge in [-0.1, -0.05) is 37.3 Å². The molecule has 1 heterocycles. The highest BCUT2D eigenvalue weighted by molar-refractivity contribution is 5.84. The van der Waals surface area contributed by atoms with E-state index in [2.05, 4.69) is 13.8 Å². The minimum absolute atomic E-state index is 0.0508. The van der Waals surface area contributed by atoms with Crippen LogP contribution in [-0.2, 0) is 20.9 Å². The Morgan fingerprint density at radius 2 is 1.83 bits per heavy atom. The highest BCUT2D eigenvalue weighted by Gasteiger charge is 2.22. The fraction of sp³-hybridized carbons (Fsp3) is 0.579. The van der Waals surface area contributed by atoms with Crippen LogP contribution in [0.25, 0.3) is 0 Å². The van der Waals surface area contributed by atoms with E-state index in [1.807, 2.05) is 35.2 Å². The fourth-order valence-corrected chi connectivity index (χ4v) is 2.82. The van der Waals surface area contributed by atoms with Crippen LogP contribution < -0.4 is 0 Å². The van der Waals surface area contributed by atoms with Crippen LogP contribution in [0.3, 0.4) is 0 Å². The number of rotatable bonds is 7. The molecule has 0 saturated carbocycles. The molecular weight excluding hydrogens is 304 g/mol. The minimum Gasteiger partial charge on any atom is -0.378 e. The summed E-state index contributed by atoms with van der Waals surface area (Å²) in [6.45, 7) is 7.18. The van der Waals surface area contributed by atoms with Gasteiger partial charge in [0.2, 0.25) is 11.8 Å². The van der Waals surface area contributed by atoms with Crippen LogP contribution in [0.4, 0.5) is 0 Å². The molecule has 1 atom stereocenters. The predicted octanol–water partition coefficient (Wildman–Crippen LogP) is 2.45. The summed E-state index contributed by atoms with van der Waals surface area (Å²) in [5.74, 6) is 0.102. The van der Waals surface area contributed by atoms with E-state index in [-0.39, 0.29) is 30.7 Å². The van der Waals surface area contributed by atoms with E-state index in [9.17, 15) is 9.59 Å². The maximum atomic E-state index is 12.7. The Hall–Kier alpha value is -1.88. The molecule has 0 spiro atoms. The van der Waals surface area contributed by atoms with E-state index in [4.69, 9.17) is 4.74 Å². The van der Waals surface area contributed by atoms with E-state index in [1.165, 1.54) is 0 Å². The van der Waals surface area contributed by atoms with Gasteiger partial charge in [-0.15, -0.1) is 0 Å². The van der Waals surface area contributed by atoms with Crippen LogP contribution in [0.2, 0.25) is 0 Å². The molecule has 1 fully saturated rings. The molecule has 1 aliphatic heterocycles. The molecule has 5 nitrogen and oxygen atoms in total. The zero-order chi connectivity index (χ0) is 17.4. The second-order valence-corrected chi connectivity index (χ2v) is 6.26. The van der Waals surface area contributed by atoms with Crippen molar-refractivity contribution in [3.63, 3.8) is 0 Å². The summed E-state index contributed by atoms with van der Waals surface area (Å²) in [5, 5.41) is 0. The van der Waals surface area contributed by atoms with Gasteiger partial charge in [0.05, 0.1) is 13.2 Å². The van der Waals surface area contributed by atoms with Crippen molar-refractivity contribution in [3.8, 4) is 0 Å². The van der Waals surface area contributed by atoms with Crippen LogP contribution in [0, 0.1) is 0 Å². The van der Waals surface area contributed by atoms with Gasteiger partial charge in [0.25, 0.3) is 0 Å². The number of hydrogen-bond acceptors (Lipinski definition) is 3. The van der Waals surface area contributed by atoms with Crippen molar-refractivity contribution in [3.05, 3.63) is 35.9 Å². The van der Waals surface area contributed by atoms with Crippen LogP contribution in [0.5, 0.6) is 0 Å². The summed E-state index contributed by atoms with van der Waals surface area (Å²) < 4.78 is 5.26. The first kappa shape index (κ1) is 18.5. The lowest BCUT2D eigenvalue weighted by molar-refractivity contribution is -0.140. The summed E-state index contributed by atoms with van der Waals surface area (Å²) in [5.41, 5.74) is 1.12. The molecular formula is C19H28N2O3. The zero-order valence-corrected chi connectivity index (χ0v) is 14.7. The van der Waals surface area contributed by atoms with E-state index < -0.39 is 0 Å². The van der Waals surface area contributed by atoms with Gasteiger partial charge in [0.15, 0.2) is 0 Å². The Kier molecular flexibility index (Phi) is 7.25. The van der Waals surface area contributed by atoms with Crippen molar-refractivity contribution in [1.29, 1.82) is 0 Å². The molecule has 0 N–H and O–H groups in total. The maximum absolute atomic E-state index is 12.7. The third-order valence-corrected chi connectivity index (χ3v) is 4.56. The molecule has 2 amide bonds. The minimum atomic E-state index is 0.0508.